The number of anilines is 1. The van der Waals surface area contributed by atoms with Gasteiger partial charge in [-0.05, 0) is 19.1 Å². The van der Waals surface area contributed by atoms with Gasteiger partial charge in [-0.1, -0.05) is 42.7 Å². The largest absolute Gasteiger partial charge is 0.360 e. The molecule has 1 aliphatic heterocycles. The number of aryl methyl sites for hydroxylation is 1. The molecule has 1 aromatic carbocycles. The standard InChI is InChI=1S/C20H25ClN4O3/c1-13(2)19-18(14(3)23-28-19)20(27)25-10-8-24(9-11-25)12-17(26)22-16-7-5-4-6-15(16)21/h4-7,13H,8-12H2,1-3H3,(H,22,26)/p+1. The second-order valence-electron chi connectivity index (χ2n) is 7.41. The van der Waals surface area contributed by atoms with Crippen molar-refractivity contribution in [2.45, 2.75) is 26.7 Å². The van der Waals surface area contributed by atoms with Crippen LogP contribution in [0.5, 0.6) is 0 Å². The van der Waals surface area contributed by atoms with E-state index in [2.05, 4.69) is 10.5 Å². The highest BCUT2D eigenvalue weighted by molar-refractivity contribution is 6.33. The molecule has 2 aromatic rings. The molecule has 0 spiro atoms. The molecule has 28 heavy (non-hydrogen) atoms. The maximum Gasteiger partial charge on any atom is 0.279 e. The summed E-state index contributed by atoms with van der Waals surface area (Å²) >= 11 is 6.08. The Bertz CT molecular complexity index is 857. The fourth-order valence-electron chi connectivity index (χ4n) is 3.39. The Morgan fingerprint density at radius 1 is 1.29 bits per heavy atom. The molecule has 150 valence electrons. The fraction of sp³-hybridized carbons (Fsp3) is 0.450. The normalized spacial score (nSPS) is 15.1. The minimum absolute atomic E-state index is 0.0398. The Morgan fingerprint density at radius 3 is 2.61 bits per heavy atom. The fourth-order valence-corrected chi connectivity index (χ4v) is 3.57. The van der Waals surface area contributed by atoms with Crippen molar-refractivity contribution in [3.63, 3.8) is 0 Å². The maximum absolute atomic E-state index is 12.9. The van der Waals surface area contributed by atoms with E-state index < -0.39 is 0 Å². The number of halogens is 1. The van der Waals surface area contributed by atoms with Gasteiger partial charge in [-0.2, -0.15) is 0 Å². The quantitative estimate of drug-likeness (QED) is 0.794. The molecule has 1 aliphatic rings. The Kier molecular flexibility index (Phi) is 6.36. The van der Waals surface area contributed by atoms with Crippen LogP contribution in [0.4, 0.5) is 5.69 Å². The summed E-state index contributed by atoms with van der Waals surface area (Å²) in [4.78, 5) is 28.2. The average Bonchev–Trinajstić information content (AvgIpc) is 3.05. The third-order valence-electron chi connectivity index (χ3n) is 4.94. The molecular weight excluding hydrogens is 380 g/mol. The van der Waals surface area contributed by atoms with Gasteiger partial charge in [-0.15, -0.1) is 0 Å². The highest BCUT2D eigenvalue weighted by atomic mass is 35.5. The first-order valence-electron chi connectivity index (χ1n) is 9.50. The smallest absolute Gasteiger partial charge is 0.279 e. The van der Waals surface area contributed by atoms with Gasteiger partial charge >= 0.3 is 0 Å². The van der Waals surface area contributed by atoms with Gasteiger partial charge in [0.2, 0.25) is 0 Å². The van der Waals surface area contributed by atoms with E-state index >= 15 is 0 Å². The molecule has 0 radical (unpaired) electrons. The third kappa shape index (κ3) is 4.54. The number of nitrogens with one attached hydrogen (secondary N) is 2. The second-order valence-corrected chi connectivity index (χ2v) is 7.82. The summed E-state index contributed by atoms with van der Waals surface area (Å²) < 4.78 is 5.34. The Balaban J connectivity index is 1.55. The van der Waals surface area contributed by atoms with Crippen molar-refractivity contribution in [3.8, 4) is 0 Å². The van der Waals surface area contributed by atoms with Crippen LogP contribution in [0.15, 0.2) is 28.8 Å². The van der Waals surface area contributed by atoms with Gasteiger partial charge in [0.15, 0.2) is 12.3 Å². The summed E-state index contributed by atoms with van der Waals surface area (Å²) in [6.45, 7) is 8.71. The lowest BCUT2D eigenvalue weighted by molar-refractivity contribution is -0.895. The van der Waals surface area contributed by atoms with Gasteiger partial charge in [0.05, 0.1) is 42.6 Å². The lowest BCUT2D eigenvalue weighted by atomic mass is 10.0. The number of benzene rings is 1. The van der Waals surface area contributed by atoms with E-state index in [9.17, 15) is 9.59 Å². The first kappa shape index (κ1) is 20.4. The number of hydrogen-bond acceptors (Lipinski definition) is 4. The van der Waals surface area contributed by atoms with Crippen molar-refractivity contribution in [1.82, 2.24) is 10.1 Å². The van der Waals surface area contributed by atoms with Crippen molar-refractivity contribution in [1.29, 1.82) is 0 Å². The van der Waals surface area contributed by atoms with Crippen LogP contribution in [0.2, 0.25) is 5.02 Å². The molecule has 1 saturated heterocycles. The number of aromatic nitrogens is 1. The number of quaternary nitrogens is 1. The van der Waals surface area contributed by atoms with Gasteiger partial charge < -0.3 is 19.6 Å². The number of para-hydroxylation sites is 1. The molecule has 0 bridgehead atoms. The number of nitrogens with zero attached hydrogens (tertiary/aromatic N) is 2. The van der Waals surface area contributed by atoms with E-state index in [1.165, 1.54) is 0 Å². The van der Waals surface area contributed by atoms with E-state index in [0.29, 0.717) is 60.5 Å². The van der Waals surface area contributed by atoms with Crippen LogP contribution in [-0.2, 0) is 4.79 Å². The molecule has 0 atom stereocenters. The summed E-state index contributed by atoms with van der Waals surface area (Å²) in [5.41, 5.74) is 1.82. The van der Waals surface area contributed by atoms with E-state index in [1.54, 1.807) is 19.1 Å². The molecule has 2 heterocycles. The molecule has 1 fully saturated rings. The minimum Gasteiger partial charge on any atom is -0.360 e. The molecule has 0 saturated carbocycles. The van der Waals surface area contributed by atoms with Crippen molar-refractivity contribution in [2.75, 3.05) is 38.0 Å². The highest BCUT2D eigenvalue weighted by Crippen LogP contribution is 2.23. The molecular formula is C20H26ClN4O3+. The monoisotopic (exact) mass is 405 g/mol. The second kappa shape index (κ2) is 8.75. The zero-order valence-corrected chi connectivity index (χ0v) is 17.2. The van der Waals surface area contributed by atoms with Gasteiger partial charge in [-0.3, -0.25) is 9.59 Å². The number of hydrogen-bond donors (Lipinski definition) is 2. The van der Waals surface area contributed by atoms with E-state index in [-0.39, 0.29) is 17.7 Å². The summed E-state index contributed by atoms with van der Waals surface area (Å²) in [7, 11) is 0. The Hall–Kier alpha value is -2.38. The summed E-state index contributed by atoms with van der Waals surface area (Å²) in [6, 6.07) is 7.17. The molecule has 8 heteroatoms. The molecule has 2 amide bonds. The van der Waals surface area contributed by atoms with Crippen molar-refractivity contribution in [2.24, 2.45) is 0 Å². The molecule has 0 unspecified atom stereocenters. The van der Waals surface area contributed by atoms with Gasteiger partial charge in [0, 0.05) is 5.92 Å². The number of carbonyl (C=O) groups is 2. The van der Waals surface area contributed by atoms with Crippen LogP contribution in [-0.4, -0.2) is 54.6 Å². The Labute approximate surface area is 169 Å². The predicted molar refractivity (Wildman–Crippen MR) is 107 cm³/mol. The van der Waals surface area contributed by atoms with Gasteiger partial charge in [0.1, 0.15) is 5.56 Å². The zero-order valence-electron chi connectivity index (χ0n) is 16.4. The number of carbonyl (C=O) groups excluding carboxylic acids is 2. The average molecular weight is 406 g/mol. The van der Waals surface area contributed by atoms with Crippen LogP contribution in [0.3, 0.4) is 0 Å². The topological polar surface area (TPSA) is 79.9 Å². The van der Waals surface area contributed by atoms with E-state index in [4.69, 9.17) is 16.1 Å². The van der Waals surface area contributed by atoms with Crippen LogP contribution in [0.25, 0.3) is 0 Å². The predicted octanol–water partition coefficient (Wildman–Crippen LogP) is 1.74. The molecule has 2 N–H and O–H groups in total. The zero-order chi connectivity index (χ0) is 20.3. The van der Waals surface area contributed by atoms with Crippen LogP contribution >= 0.6 is 11.6 Å². The molecule has 3 rings (SSSR count). The molecule has 0 aliphatic carbocycles. The van der Waals surface area contributed by atoms with Gasteiger partial charge in [-0.25, -0.2) is 0 Å². The first-order chi connectivity index (χ1) is 13.4. The minimum atomic E-state index is -0.0835. The van der Waals surface area contributed by atoms with E-state index in [0.717, 1.165) is 4.90 Å². The third-order valence-corrected chi connectivity index (χ3v) is 5.27. The molecule has 7 nitrogen and oxygen atoms in total. The SMILES string of the molecule is Cc1noc(C(C)C)c1C(=O)N1CC[NH+](CC(=O)Nc2ccccc2Cl)CC1. The summed E-state index contributed by atoms with van der Waals surface area (Å²) in [6.07, 6.45) is 0. The van der Waals surface area contributed by atoms with E-state index in [1.807, 2.05) is 30.9 Å². The van der Waals surface area contributed by atoms with Crippen LogP contribution in [0.1, 0.15) is 41.6 Å². The number of rotatable bonds is 5. The Morgan fingerprint density at radius 2 is 1.96 bits per heavy atom. The lowest BCUT2D eigenvalue weighted by Gasteiger charge is -2.32. The molecule has 1 aromatic heterocycles. The van der Waals surface area contributed by atoms with Crippen LogP contribution < -0.4 is 10.2 Å². The number of piperazine rings is 1. The van der Waals surface area contributed by atoms with Crippen LogP contribution in [0, 0.1) is 6.92 Å². The van der Waals surface area contributed by atoms with Gasteiger partial charge in [0.25, 0.3) is 11.8 Å². The lowest BCUT2D eigenvalue weighted by Crippen LogP contribution is -3.15. The van der Waals surface area contributed by atoms with Crippen molar-refractivity contribution in [3.05, 3.63) is 46.3 Å². The van der Waals surface area contributed by atoms with Crippen molar-refractivity contribution < 1.29 is 19.0 Å². The highest BCUT2D eigenvalue weighted by Gasteiger charge is 2.30. The number of amides is 2. The summed E-state index contributed by atoms with van der Waals surface area (Å²) in [5.74, 6) is 0.610. The van der Waals surface area contributed by atoms with Crippen molar-refractivity contribution >= 4 is 29.1 Å². The summed E-state index contributed by atoms with van der Waals surface area (Å²) in [5, 5.41) is 7.33. The maximum atomic E-state index is 12.9. The first-order valence-corrected chi connectivity index (χ1v) is 9.88.